The van der Waals surface area contributed by atoms with Gasteiger partial charge in [0.15, 0.2) is 11.5 Å². The minimum absolute atomic E-state index is 0.177. The zero-order valence-electron chi connectivity index (χ0n) is 11.8. The van der Waals surface area contributed by atoms with Gasteiger partial charge in [0.1, 0.15) is 0 Å². The zero-order chi connectivity index (χ0) is 14.7. The average molecular weight is 273 g/mol. The second-order valence-corrected chi connectivity index (χ2v) is 4.85. The molecule has 1 atom stereocenters. The molecule has 106 valence electrons. The molecule has 1 heterocycles. The molecule has 0 radical (unpaired) electrons. The molecule has 1 aliphatic rings. The molecule has 0 aliphatic carbocycles. The topological polar surface area (TPSA) is 57.6 Å². The molecule has 1 unspecified atom stereocenters. The fourth-order valence-electron chi connectivity index (χ4n) is 2.58. The quantitative estimate of drug-likeness (QED) is 0.897. The molecule has 0 aromatic heterocycles. The number of ketones is 1. The van der Waals surface area contributed by atoms with E-state index in [1.165, 1.54) is 0 Å². The van der Waals surface area contributed by atoms with E-state index in [1.54, 1.807) is 11.8 Å². The van der Waals surface area contributed by atoms with E-state index in [4.69, 9.17) is 0 Å². The van der Waals surface area contributed by atoms with Gasteiger partial charge in [-0.2, -0.15) is 0 Å². The van der Waals surface area contributed by atoms with E-state index in [0.717, 1.165) is 12.0 Å². The summed E-state index contributed by atoms with van der Waals surface area (Å²) in [6.45, 7) is 4.21. The summed E-state index contributed by atoms with van der Waals surface area (Å²) < 4.78 is 0. The van der Waals surface area contributed by atoms with Gasteiger partial charge in [0.2, 0.25) is 0 Å². The van der Waals surface area contributed by atoms with Gasteiger partial charge in [0.25, 0.3) is 5.91 Å². The van der Waals surface area contributed by atoms with E-state index in [0.29, 0.717) is 6.54 Å². The Labute approximate surface area is 118 Å². The number of hydrogen-bond acceptors (Lipinski definition) is 3. The van der Waals surface area contributed by atoms with Crippen molar-refractivity contribution in [1.82, 2.24) is 4.90 Å². The summed E-state index contributed by atoms with van der Waals surface area (Å²) in [4.78, 5) is 25.9. The SMILES string of the molecule is CCCN1C(=O)C(O)=C(C(=O)CC)C1c1ccccc1. The van der Waals surface area contributed by atoms with Crippen LogP contribution in [0.25, 0.3) is 0 Å². The van der Waals surface area contributed by atoms with Crippen molar-refractivity contribution in [1.29, 1.82) is 0 Å². The first kappa shape index (κ1) is 14.3. The summed E-state index contributed by atoms with van der Waals surface area (Å²) in [5, 5.41) is 10.1. The maximum absolute atomic E-state index is 12.2. The molecule has 4 nitrogen and oxygen atoms in total. The van der Waals surface area contributed by atoms with Gasteiger partial charge in [0.05, 0.1) is 11.6 Å². The van der Waals surface area contributed by atoms with Gasteiger partial charge in [-0.15, -0.1) is 0 Å². The van der Waals surface area contributed by atoms with Crippen LogP contribution in [0.3, 0.4) is 0 Å². The summed E-state index contributed by atoms with van der Waals surface area (Å²) >= 11 is 0. The molecular weight excluding hydrogens is 254 g/mol. The predicted molar refractivity (Wildman–Crippen MR) is 76.1 cm³/mol. The van der Waals surface area contributed by atoms with Crippen LogP contribution in [-0.2, 0) is 9.59 Å². The third-order valence-corrected chi connectivity index (χ3v) is 3.51. The second kappa shape index (κ2) is 5.90. The molecule has 1 N–H and O–H groups in total. The first-order valence-electron chi connectivity index (χ1n) is 6.94. The lowest BCUT2D eigenvalue weighted by molar-refractivity contribution is -0.129. The summed E-state index contributed by atoms with van der Waals surface area (Å²) in [5.74, 6) is -1.01. The van der Waals surface area contributed by atoms with Crippen molar-refractivity contribution in [2.75, 3.05) is 6.54 Å². The van der Waals surface area contributed by atoms with Crippen LogP contribution >= 0.6 is 0 Å². The number of carbonyl (C=O) groups excluding carboxylic acids is 2. The van der Waals surface area contributed by atoms with E-state index in [1.807, 2.05) is 37.3 Å². The van der Waals surface area contributed by atoms with Crippen LogP contribution in [-0.4, -0.2) is 28.2 Å². The van der Waals surface area contributed by atoms with Crippen molar-refractivity contribution < 1.29 is 14.7 Å². The summed E-state index contributed by atoms with van der Waals surface area (Å²) in [6.07, 6.45) is 1.05. The zero-order valence-corrected chi connectivity index (χ0v) is 11.8. The van der Waals surface area contributed by atoms with Crippen LogP contribution in [0.15, 0.2) is 41.7 Å². The Balaban J connectivity index is 2.51. The maximum Gasteiger partial charge on any atom is 0.290 e. The van der Waals surface area contributed by atoms with Crippen molar-refractivity contribution in [2.45, 2.75) is 32.7 Å². The van der Waals surface area contributed by atoms with Crippen molar-refractivity contribution in [2.24, 2.45) is 0 Å². The minimum Gasteiger partial charge on any atom is -0.503 e. The minimum atomic E-state index is -0.462. The fourth-order valence-corrected chi connectivity index (χ4v) is 2.58. The van der Waals surface area contributed by atoms with Crippen molar-refractivity contribution in [3.63, 3.8) is 0 Å². The van der Waals surface area contributed by atoms with E-state index < -0.39 is 11.9 Å². The highest BCUT2D eigenvalue weighted by Crippen LogP contribution is 2.37. The molecule has 1 aromatic carbocycles. The van der Waals surface area contributed by atoms with Crippen molar-refractivity contribution in [3.8, 4) is 0 Å². The monoisotopic (exact) mass is 273 g/mol. The maximum atomic E-state index is 12.2. The number of aliphatic hydroxyl groups excluding tert-OH is 1. The summed E-state index contributed by atoms with van der Waals surface area (Å²) in [7, 11) is 0. The fraction of sp³-hybridized carbons (Fsp3) is 0.375. The number of nitrogens with zero attached hydrogens (tertiary/aromatic N) is 1. The van der Waals surface area contributed by atoms with E-state index >= 15 is 0 Å². The number of amides is 1. The molecule has 0 bridgehead atoms. The molecule has 0 saturated carbocycles. The molecular formula is C16H19NO3. The third-order valence-electron chi connectivity index (χ3n) is 3.51. The Hall–Kier alpha value is -2.10. The lowest BCUT2D eigenvalue weighted by atomic mass is 9.95. The van der Waals surface area contributed by atoms with Gasteiger partial charge in [-0.25, -0.2) is 0 Å². The Morgan fingerprint density at radius 3 is 2.45 bits per heavy atom. The molecule has 20 heavy (non-hydrogen) atoms. The molecule has 4 heteroatoms. The normalized spacial score (nSPS) is 18.8. The van der Waals surface area contributed by atoms with E-state index in [9.17, 15) is 14.7 Å². The summed E-state index contributed by atoms with van der Waals surface area (Å²) in [5.41, 5.74) is 1.09. The van der Waals surface area contributed by atoms with Crippen LogP contribution in [0.1, 0.15) is 38.3 Å². The number of benzene rings is 1. The highest BCUT2D eigenvalue weighted by molar-refractivity contribution is 6.08. The lowest BCUT2D eigenvalue weighted by Crippen LogP contribution is -2.31. The molecule has 0 spiro atoms. The van der Waals surface area contributed by atoms with E-state index in [2.05, 4.69) is 0 Å². The van der Waals surface area contributed by atoms with Gasteiger partial charge in [-0.05, 0) is 12.0 Å². The van der Waals surface area contributed by atoms with Crippen molar-refractivity contribution in [3.05, 3.63) is 47.2 Å². The third kappa shape index (κ3) is 2.33. The molecule has 1 amide bonds. The molecule has 1 aromatic rings. The average Bonchev–Trinajstić information content (AvgIpc) is 2.73. The number of carbonyl (C=O) groups is 2. The Kier molecular flexibility index (Phi) is 4.23. The highest BCUT2D eigenvalue weighted by atomic mass is 16.3. The first-order valence-corrected chi connectivity index (χ1v) is 6.94. The van der Waals surface area contributed by atoms with Gasteiger partial charge in [0, 0.05) is 13.0 Å². The van der Waals surface area contributed by atoms with Crippen LogP contribution < -0.4 is 0 Å². The van der Waals surface area contributed by atoms with Gasteiger partial charge < -0.3 is 10.0 Å². The van der Waals surface area contributed by atoms with Gasteiger partial charge in [-0.1, -0.05) is 44.2 Å². The summed E-state index contributed by atoms with van der Waals surface area (Å²) in [6, 6.07) is 8.91. The highest BCUT2D eigenvalue weighted by Gasteiger charge is 2.42. The van der Waals surface area contributed by atoms with Gasteiger partial charge >= 0.3 is 0 Å². The van der Waals surface area contributed by atoms with Gasteiger partial charge in [-0.3, -0.25) is 9.59 Å². The number of aliphatic hydroxyl groups is 1. The lowest BCUT2D eigenvalue weighted by Gasteiger charge is -2.26. The smallest absolute Gasteiger partial charge is 0.290 e. The molecule has 0 fully saturated rings. The number of rotatable bonds is 5. The second-order valence-electron chi connectivity index (χ2n) is 4.85. The van der Waals surface area contributed by atoms with Crippen molar-refractivity contribution >= 4 is 11.7 Å². The first-order chi connectivity index (χ1) is 9.61. The Morgan fingerprint density at radius 1 is 1.25 bits per heavy atom. The predicted octanol–water partition coefficient (Wildman–Crippen LogP) is 2.77. The molecule has 2 rings (SSSR count). The van der Waals surface area contributed by atoms with Crippen LogP contribution in [0.5, 0.6) is 0 Å². The van der Waals surface area contributed by atoms with E-state index in [-0.39, 0.29) is 23.5 Å². The van der Waals surface area contributed by atoms with Crippen LogP contribution in [0, 0.1) is 0 Å². The standard InChI is InChI=1S/C16H19NO3/c1-3-10-17-14(11-8-6-5-7-9-11)13(12(18)4-2)15(19)16(17)20/h5-9,14,19H,3-4,10H2,1-2H3. The largest absolute Gasteiger partial charge is 0.503 e. The molecule has 0 saturated heterocycles. The van der Waals surface area contributed by atoms with Crippen LogP contribution in [0.4, 0.5) is 0 Å². The Bertz CT molecular complexity index is 548. The molecule has 1 aliphatic heterocycles. The number of hydrogen-bond donors (Lipinski definition) is 1. The Morgan fingerprint density at radius 2 is 1.90 bits per heavy atom. The number of Topliss-reactive ketones (excluding diaryl/α,β-unsaturated/α-hetero) is 1. The van der Waals surface area contributed by atoms with Crippen LogP contribution in [0.2, 0.25) is 0 Å².